The van der Waals surface area contributed by atoms with E-state index in [2.05, 4.69) is 5.32 Å². The molecule has 0 aromatic rings. The van der Waals surface area contributed by atoms with E-state index >= 15 is 0 Å². The summed E-state index contributed by atoms with van der Waals surface area (Å²) < 4.78 is 23.0. The molecular weight excluding hydrogens is 238 g/mol. The fourth-order valence-electron chi connectivity index (χ4n) is 2.39. The van der Waals surface area contributed by atoms with Gasteiger partial charge in [0.25, 0.3) is 0 Å². The van der Waals surface area contributed by atoms with Crippen LogP contribution in [0.4, 0.5) is 0 Å². The maximum absolute atomic E-state index is 11.5. The summed E-state index contributed by atoms with van der Waals surface area (Å²) in [6.07, 6.45) is 4.78. The lowest BCUT2D eigenvalue weighted by Crippen LogP contribution is -2.46. The Morgan fingerprint density at radius 1 is 1.29 bits per heavy atom. The molecule has 0 bridgehead atoms. The molecular formula is C12H25NO3S. The topological polar surface area (TPSA) is 66.4 Å². The minimum absolute atomic E-state index is 0.0551. The van der Waals surface area contributed by atoms with Gasteiger partial charge in [-0.1, -0.05) is 26.2 Å². The number of sulfone groups is 1. The van der Waals surface area contributed by atoms with Crippen LogP contribution in [0.2, 0.25) is 0 Å². The fourth-order valence-corrected chi connectivity index (χ4v) is 3.49. The van der Waals surface area contributed by atoms with Crippen LogP contribution in [-0.2, 0) is 9.84 Å². The maximum atomic E-state index is 11.5. The molecule has 1 fully saturated rings. The van der Waals surface area contributed by atoms with E-state index in [0.717, 1.165) is 32.1 Å². The molecule has 3 atom stereocenters. The van der Waals surface area contributed by atoms with Gasteiger partial charge in [-0.05, 0) is 19.8 Å². The van der Waals surface area contributed by atoms with E-state index in [0.29, 0.717) is 0 Å². The Kier molecular flexibility index (Phi) is 5.89. The Labute approximate surface area is 105 Å². The first-order valence-corrected chi connectivity index (χ1v) is 8.41. The summed E-state index contributed by atoms with van der Waals surface area (Å²) in [6.45, 7) is 3.55. The SMILES string of the molecule is CCS(=O)(=O)CC(C)NC1CCCCCC1O. The lowest BCUT2D eigenvalue weighted by molar-refractivity contribution is 0.116. The summed E-state index contributed by atoms with van der Waals surface area (Å²) in [5.41, 5.74) is 0. The molecule has 1 aliphatic carbocycles. The Morgan fingerprint density at radius 3 is 2.59 bits per heavy atom. The van der Waals surface area contributed by atoms with Crippen molar-refractivity contribution < 1.29 is 13.5 Å². The summed E-state index contributed by atoms with van der Waals surface area (Å²) in [6, 6.07) is -0.0303. The zero-order chi connectivity index (χ0) is 12.9. The Balaban J connectivity index is 2.46. The van der Waals surface area contributed by atoms with Gasteiger partial charge in [0.05, 0.1) is 11.9 Å². The largest absolute Gasteiger partial charge is 0.392 e. The van der Waals surface area contributed by atoms with Crippen LogP contribution < -0.4 is 5.32 Å². The fraction of sp³-hybridized carbons (Fsp3) is 1.00. The second-order valence-corrected chi connectivity index (χ2v) is 7.48. The maximum Gasteiger partial charge on any atom is 0.151 e. The standard InChI is InChI=1S/C12H25NO3S/c1-3-17(15,16)9-10(2)13-11-7-5-4-6-8-12(11)14/h10-14H,3-9H2,1-2H3. The van der Waals surface area contributed by atoms with Gasteiger partial charge in [-0.25, -0.2) is 8.42 Å². The number of aliphatic hydroxyl groups is 1. The minimum atomic E-state index is -2.94. The van der Waals surface area contributed by atoms with Gasteiger partial charge in [0.15, 0.2) is 9.84 Å². The van der Waals surface area contributed by atoms with Gasteiger partial charge < -0.3 is 10.4 Å². The van der Waals surface area contributed by atoms with Crippen LogP contribution in [0.15, 0.2) is 0 Å². The van der Waals surface area contributed by atoms with Crippen LogP contribution in [0, 0.1) is 0 Å². The third-order valence-electron chi connectivity index (χ3n) is 3.42. The quantitative estimate of drug-likeness (QED) is 0.729. The van der Waals surface area contributed by atoms with Gasteiger partial charge in [0.2, 0.25) is 0 Å². The first kappa shape index (κ1) is 14.9. The van der Waals surface area contributed by atoms with Crippen LogP contribution in [0.5, 0.6) is 0 Å². The molecule has 5 heteroatoms. The summed E-state index contributed by atoms with van der Waals surface area (Å²) in [5.74, 6) is 0.346. The summed E-state index contributed by atoms with van der Waals surface area (Å²) in [7, 11) is -2.94. The number of hydrogen-bond acceptors (Lipinski definition) is 4. The molecule has 0 spiro atoms. The zero-order valence-corrected chi connectivity index (χ0v) is 11.7. The van der Waals surface area contributed by atoms with Crippen LogP contribution >= 0.6 is 0 Å². The van der Waals surface area contributed by atoms with Crippen molar-refractivity contribution in [3.63, 3.8) is 0 Å². The van der Waals surface area contributed by atoms with Gasteiger partial charge in [-0.15, -0.1) is 0 Å². The Hall–Kier alpha value is -0.130. The smallest absolute Gasteiger partial charge is 0.151 e. The predicted molar refractivity (Wildman–Crippen MR) is 69.8 cm³/mol. The molecule has 102 valence electrons. The first-order valence-electron chi connectivity index (χ1n) is 6.59. The lowest BCUT2D eigenvalue weighted by atomic mass is 10.1. The number of rotatable bonds is 5. The second kappa shape index (κ2) is 6.71. The number of nitrogens with one attached hydrogen (secondary N) is 1. The summed E-state index contributed by atoms with van der Waals surface area (Å²) >= 11 is 0. The van der Waals surface area contributed by atoms with Crippen LogP contribution in [0.1, 0.15) is 46.0 Å². The van der Waals surface area contributed by atoms with Crippen molar-refractivity contribution in [1.82, 2.24) is 5.32 Å². The van der Waals surface area contributed by atoms with Crippen molar-refractivity contribution in [3.05, 3.63) is 0 Å². The van der Waals surface area contributed by atoms with E-state index in [9.17, 15) is 13.5 Å². The minimum Gasteiger partial charge on any atom is -0.392 e. The van der Waals surface area contributed by atoms with Crippen molar-refractivity contribution in [1.29, 1.82) is 0 Å². The molecule has 4 nitrogen and oxygen atoms in total. The molecule has 0 radical (unpaired) electrons. The van der Waals surface area contributed by atoms with Crippen LogP contribution in [-0.4, -0.2) is 43.2 Å². The van der Waals surface area contributed by atoms with Gasteiger partial charge in [-0.3, -0.25) is 0 Å². The third kappa shape index (κ3) is 5.36. The van der Waals surface area contributed by atoms with E-state index in [1.54, 1.807) is 6.92 Å². The highest BCUT2D eigenvalue weighted by Crippen LogP contribution is 2.18. The van der Waals surface area contributed by atoms with Crippen molar-refractivity contribution in [2.45, 2.75) is 64.1 Å². The second-order valence-electron chi connectivity index (χ2n) is 5.08. The molecule has 1 rings (SSSR count). The van der Waals surface area contributed by atoms with Gasteiger partial charge in [-0.2, -0.15) is 0 Å². The average Bonchev–Trinajstić information content (AvgIpc) is 2.44. The highest BCUT2D eigenvalue weighted by Gasteiger charge is 2.24. The highest BCUT2D eigenvalue weighted by atomic mass is 32.2. The van der Waals surface area contributed by atoms with Crippen molar-refractivity contribution >= 4 is 9.84 Å². The Bertz CT molecular complexity index is 316. The molecule has 0 aromatic carbocycles. The molecule has 0 aromatic heterocycles. The molecule has 3 unspecified atom stereocenters. The van der Waals surface area contributed by atoms with Gasteiger partial charge >= 0.3 is 0 Å². The molecule has 0 heterocycles. The average molecular weight is 263 g/mol. The molecule has 1 aliphatic rings. The molecule has 0 saturated heterocycles. The monoisotopic (exact) mass is 263 g/mol. The number of aliphatic hydroxyl groups excluding tert-OH is 1. The van der Waals surface area contributed by atoms with E-state index in [1.807, 2.05) is 6.92 Å². The summed E-state index contributed by atoms with van der Waals surface area (Å²) in [5, 5.41) is 13.2. The normalized spacial score (nSPS) is 28.6. The lowest BCUT2D eigenvalue weighted by Gasteiger charge is -2.25. The molecule has 2 N–H and O–H groups in total. The molecule has 0 amide bonds. The van der Waals surface area contributed by atoms with E-state index in [-0.39, 0.29) is 29.7 Å². The molecule has 1 saturated carbocycles. The van der Waals surface area contributed by atoms with Crippen molar-refractivity contribution in [2.24, 2.45) is 0 Å². The third-order valence-corrected chi connectivity index (χ3v) is 5.31. The molecule has 0 aliphatic heterocycles. The molecule has 17 heavy (non-hydrogen) atoms. The van der Waals surface area contributed by atoms with Crippen molar-refractivity contribution in [3.8, 4) is 0 Å². The highest BCUT2D eigenvalue weighted by molar-refractivity contribution is 7.91. The number of hydrogen-bond donors (Lipinski definition) is 2. The van der Waals surface area contributed by atoms with Gasteiger partial charge in [0, 0.05) is 17.8 Å². The van der Waals surface area contributed by atoms with Crippen molar-refractivity contribution in [2.75, 3.05) is 11.5 Å². The first-order chi connectivity index (χ1) is 7.94. The van der Waals surface area contributed by atoms with Crippen LogP contribution in [0.3, 0.4) is 0 Å². The van der Waals surface area contributed by atoms with Gasteiger partial charge in [0.1, 0.15) is 0 Å². The predicted octanol–water partition coefficient (Wildman–Crippen LogP) is 1.09. The van der Waals surface area contributed by atoms with Crippen LogP contribution in [0.25, 0.3) is 0 Å². The summed E-state index contributed by atoms with van der Waals surface area (Å²) in [4.78, 5) is 0. The van der Waals surface area contributed by atoms with E-state index < -0.39 is 9.84 Å². The Morgan fingerprint density at radius 2 is 1.94 bits per heavy atom. The van der Waals surface area contributed by atoms with E-state index in [1.165, 1.54) is 0 Å². The zero-order valence-electron chi connectivity index (χ0n) is 10.9. The van der Waals surface area contributed by atoms with E-state index in [4.69, 9.17) is 0 Å².